The summed E-state index contributed by atoms with van der Waals surface area (Å²) >= 11 is 0. The van der Waals surface area contributed by atoms with Gasteiger partial charge in [0.1, 0.15) is 12.1 Å². The summed E-state index contributed by atoms with van der Waals surface area (Å²) in [4.78, 5) is 10.9. The number of ether oxygens (including phenoxy) is 1. The zero-order valence-electron chi connectivity index (χ0n) is 9.09. The number of aliphatic carboxylic acids is 1. The zero-order valence-corrected chi connectivity index (χ0v) is 9.09. The lowest BCUT2D eigenvalue weighted by molar-refractivity contribution is -0.148. The molecule has 0 aliphatic heterocycles. The van der Waals surface area contributed by atoms with Crippen molar-refractivity contribution in [1.29, 1.82) is 0 Å². The van der Waals surface area contributed by atoms with E-state index in [0.29, 0.717) is 0 Å². The quantitative estimate of drug-likeness (QED) is 0.681. The van der Waals surface area contributed by atoms with Crippen molar-refractivity contribution in [1.82, 2.24) is 5.32 Å². The first-order chi connectivity index (χ1) is 6.78. The van der Waals surface area contributed by atoms with Gasteiger partial charge < -0.3 is 9.84 Å². The van der Waals surface area contributed by atoms with E-state index in [1.807, 2.05) is 0 Å². The number of hydrogen-bond acceptors (Lipinski definition) is 3. The lowest BCUT2D eigenvalue weighted by Crippen LogP contribution is -2.55. The van der Waals surface area contributed by atoms with Crippen LogP contribution in [0.25, 0.3) is 0 Å². The van der Waals surface area contributed by atoms with Crippen molar-refractivity contribution < 1.29 is 23.4 Å². The van der Waals surface area contributed by atoms with Gasteiger partial charge in [-0.25, -0.2) is 8.78 Å². The van der Waals surface area contributed by atoms with Crippen LogP contribution in [-0.2, 0) is 9.53 Å². The Morgan fingerprint density at radius 2 is 2.07 bits per heavy atom. The Labute approximate surface area is 87.6 Å². The van der Waals surface area contributed by atoms with E-state index in [0.717, 1.165) is 0 Å². The smallest absolute Gasteiger partial charge is 0.326 e. The number of halogens is 2. The molecule has 2 N–H and O–H groups in total. The van der Waals surface area contributed by atoms with Crippen LogP contribution in [0.15, 0.2) is 0 Å². The second-order valence-electron chi connectivity index (χ2n) is 3.84. The molecule has 0 saturated carbocycles. The van der Waals surface area contributed by atoms with Crippen molar-refractivity contribution in [3.8, 4) is 0 Å². The predicted octanol–water partition coefficient (Wildman–Crippen LogP) is 1.11. The maximum atomic E-state index is 11.8. The van der Waals surface area contributed by atoms with Crippen molar-refractivity contribution in [2.24, 2.45) is 0 Å². The van der Waals surface area contributed by atoms with Crippen LogP contribution in [0.5, 0.6) is 0 Å². The third-order valence-electron chi connectivity index (χ3n) is 1.71. The molecule has 0 aromatic rings. The standard InChI is InChI=1S/C9H17F2NO3/c1-6(2)12-9(3,8(13)14)5-15-4-7(10)11/h6-7,12H,4-5H2,1-3H3,(H,13,14). The highest BCUT2D eigenvalue weighted by Crippen LogP contribution is 2.07. The lowest BCUT2D eigenvalue weighted by atomic mass is 10.0. The molecule has 6 heteroatoms. The highest BCUT2D eigenvalue weighted by atomic mass is 19.3. The van der Waals surface area contributed by atoms with Gasteiger partial charge in [-0.2, -0.15) is 0 Å². The second-order valence-corrected chi connectivity index (χ2v) is 3.84. The molecule has 90 valence electrons. The van der Waals surface area contributed by atoms with Crippen LogP contribution in [0, 0.1) is 0 Å². The van der Waals surface area contributed by atoms with Crippen LogP contribution in [0.2, 0.25) is 0 Å². The molecule has 0 heterocycles. The van der Waals surface area contributed by atoms with E-state index in [-0.39, 0.29) is 12.6 Å². The third kappa shape index (κ3) is 5.64. The summed E-state index contributed by atoms with van der Waals surface area (Å²) in [5.74, 6) is -1.12. The summed E-state index contributed by atoms with van der Waals surface area (Å²) in [5.41, 5.74) is -1.33. The molecule has 0 radical (unpaired) electrons. The predicted molar refractivity (Wildman–Crippen MR) is 51.1 cm³/mol. The van der Waals surface area contributed by atoms with Crippen LogP contribution in [0.4, 0.5) is 8.78 Å². The molecule has 1 atom stereocenters. The molecule has 0 aromatic heterocycles. The molecule has 0 aromatic carbocycles. The number of carboxylic acid groups (broad SMARTS) is 1. The number of rotatable bonds is 7. The molecule has 0 spiro atoms. The first-order valence-corrected chi connectivity index (χ1v) is 4.65. The fraction of sp³-hybridized carbons (Fsp3) is 0.889. The van der Waals surface area contributed by atoms with E-state index in [2.05, 4.69) is 10.1 Å². The van der Waals surface area contributed by atoms with Crippen molar-refractivity contribution in [3.63, 3.8) is 0 Å². The van der Waals surface area contributed by atoms with Crippen LogP contribution < -0.4 is 5.32 Å². The summed E-state index contributed by atoms with van der Waals surface area (Å²) in [6.07, 6.45) is -2.58. The number of carbonyl (C=O) groups is 1. The first-order valence-electron chi connectivity index (χ1n) is 4.65. The molecular weight excluding hydrogens is 208 g/mol. The van der Waals surface area contributed by atoms with Gasteiger partial charge in [-0.15, -0.1) is 0 Å². The second kappa shape index (κ2) is 5.97. The van der Waals surface area contributed by atoms with Crippen molar-refractivity contribution >= 4 is 5.97 Å². The Balaban J connectivity index is 4.20. The Hall–Kier alpha value is -0.750. The van der Waals surface area contributed by atoms with Crippen molar-refractivity contribution in [2.45, 2.75) is 38.8 Å². The van der Waals surface area contributed by atoms with Gasteiger partial charge in [-0.05, 0) is 20.8 Å². The minimum absolute atomic E-state index is 0.0683. The van der Waals surface area contributed by atoms with Crippen LogP contribution in [-0.4, -0.2) is 42.3 Å². The van der Waals surface area contributed by atoms with E-state index in [4.69, 9.17) is 5.11 Å². The molecule has 0 bridgehead atoms. The van der Waals surface area contributed by atoms with Crippen LogP contribution in [0.3, 0.4) is 0 Å². The van der Waals surface area contributed by atoms with Crippen LogP contribution >= 0.6 is 0 Å². The Morgan fingerprint density at radius 3 is 2.40 bits per heavy atom. The SMILES string of the molecule is CC(C)NC(C)(COCC(F)F)C(=O)O. The maximum absolute atomic E-state index is 11.8. The van der Waals surface area contributed by atoms with E-state index in [1.165, 1.54) is 6.92 Å². The molecule has 0 aliphatic carbocycles. The number of alkyl halides is 2. The number of carboxylic acids is 1. The highest BCUT2D eigenvalue weighted by Gasteiger charge is 2.34. The largest absolute Gasteiger partial charge is 0.480 e. The fourth-order valence-electron chi connectivity index (χ4n) is 1.15. The Bertz CT molecular complexity index is 212. The van der Waals surface area contributed by atoms with Gasteiger partial charge in [0, 0.05) is 6.04 Å². The van der Waals surface area contributed by atoms with Gasteiger partial charge >= 0.3 is 5.97 Å². The molecule has 0 saturated heterocycles. The van der Waals surface area contributed by atoms with Gasteiger partial charge in [-0.1, -0.05) is 0 Å². The van der Waals surface area contributed by atoms with Gasteiger partial charge in [0.2, 0.25) is 0 Å². The Kier molecular flexibility index (Phi) is 5.67. The van der Waals surface area contributed by atoms with E-state index in [1.54, 1.807) is 13.8 Å². The van der Waals surface area contributed by atoms with Crippen LogP contribution in [0.1, 0.15) is 20.8 Å². The van der Waals surface area contributed by atoms with Gasteiger partial charge in [-0.3, -0.25) is 10.1 Å². The molecular formula is C9H17F2NO3. The molecule has 0 aliphatic rings. The summed E-state index contributed by atoms with van der Waals surface area (Å²) in [7, 11) is 0. The van der Waals surface area contributed by atoms with Gasteiger partial charge in [0.15, 0.2) is 0 Å². The average Bonchev–Trinajstić information content (AvgIpc) is 2.01. The van der Waals surface area contributed by atoms with Gasteiger partial charge in [0.25, 0.3) is 6.43 Å². The maximum Gasteiger partial charge on any atom is 0.326 e. The number of hydrogen-bond donors (Lipinski definition) is 2. The van der Waals surface area contributed by atoms with Crippen molar-refractivity contribution in [3.05, 3.63) is 0 Å². The van der Waals surface area contributed by atoms with Crippen molar-refractivity contribution in [2.75, 3.05) is 13.2 Å². The van der Waals surface area contributed by atoms with E-state index in [9.17, 15) is 13.6 Å². The molecule has 4 nitrogen and oxygen atoms in total. The Morgan fingerprint density at radius 1 is 1.53 bits per heavy atom. The monoisotopic (exact) mass is 225 g/mol. The minimum atomic E-state index is -2.58. The molecule has 0 fully saturated rings. The third-order valence-corrected chi connectivity index (χ3v) is 1.71. The summed E-state index contributed by atoms with van der Waals surface area (Å²) < 4.78 is 28.2. The molecule has 15 heavy (non-hydrogen) atoms. The first kappa shape index (κ1) is 14.2. The normalized spacial score (nSPS) is 15.7. The lowest BCUT2D eigenvalue weighted by Gasteiger charge is -2.28. The minimum Gasteiger partial charge on any atom is -0.480 e. The topological polar surface area (TPSA) is 58.6 Å². The van der Waals surface area contributed by atoms with E-state index >= 15 is 0 Å². The molecule has 0 amide bonds. The average molecular weight is 225 g/mol. The molecule has 1 unspecified atom stereocenters. The highest BCUT2D eigenvalue weighted by molar-refractivity contribution is 5.78. The number of nitrogens with one attached hydrogen (secondary N) is 1. The van der Waals surface area contributed by atoms with Gasteiger partial charge in [0.05, 0.1) is 6.61 Å². The summed E-state index contributed by atoms with van der Waals surface area (Å²) in [5, 5.41) is 11.7. The summed E-state index contributed by atoms with van der Waals surface area (Å²) in [6.45, 7) is 3.91. The zero-order chi connectivity index (χ0) is 12.1. The van der Waals surface area contributed by atoms with E-state index < -0.39 is 24.5 Å². The molecule has 0 rings (SSSR count). The fourth-order valence-corrected chi connectivity index (χ4v) is 1.15. The summed E-state index contributed by atoms with van der Waals surface area (Å²) in [6, 6.07) is -0.0683.